The molecule has 0 spiro atoms. The number of hydrogen-bond acceptors (Lipinski definition) is 5. The highest BCUT2D eigenvalue weighted by Crippen LogP contribution is 2.08. The van der Waals surface area contributed by atoms with Crippen LogP contribution in [0.3, 0.4) is 0 Å². The Bertz CT molecular complexity index is 611. The lowest BCUT2D eigenvalue weighted by Crippen LogP contribution is -2.05. The summed E-state index contributed by atoms with van der Waals surface area (Å²) in [6.45, 7) is 12.3. The second-order valence-electron chi connectivity index (χ2n) is 6.83. The van der Waals surface area contributed by atoms with Gasteiger partial charge in [-0.25, -0.2) is 4.79 Å². The van der Waals surface area contributed by atoms with Crippen molar-refractivity contribution >= 4 is 11.9 Å². The lowest BCUT2D eigenvalue weighted by molar-refractivity contribution is -0.143. The van der Waals surface area contributed by atoms with E-state index in [0.29, 0.717) is 19.6 Å². The van der Waals surface area contributed by atoms with Crippen molar-refractivity contribution < 1.29 is 23.8 Å². The first-order chi connectivity index (χ1) is 13.9. The monoisotopic (exact) mass is 404 g/mol. The van der Waals surface area contributed by atoms with E-state index in [1.807, 2.05) is 26.0 Å². The van der Waals surface area contributed by atoms with E-state index in [4.69, 9.17) is 9.47 Å². The Morgan fingerprint density at radius 2 is 1.45 bits per heavy atom. The van der Waals surface area contributed by atoms with Gasteiger partial charge in [0.1, 0.15) is 0 Å². The Morgan fingerprint density at radius 3 is 2.00 bits per heavy atom. The van der Waals surface area contributed by atoms with Crippen LogP contribution in [0.1, 0.15) is 58.8 Å². The van der Waals surface area contributed by atoms with E-state index in [1.165, 1.54) is 13.2 Å². The summed E-state index contributed by atoms with van der Waals surface area (Å²) in [4.78, 5) is 22.5. The molecule has 5 heteroatoms. The van der Waals surface area contributed by atoms with Crippen LogP contribution in [0.25, 0.3) is 0 Å². The van der Waals surface area contributed by atoms with E-state index in [1.54, 1.807) is 12.2 Å². The van der Waals surface area contributed by atoms with Crippen LogP contribution in [0, 0.1) is 0 Å². The van der Waals surface area contributed by atoms with Crippen molar-refractivity contribution in [3.8, 4) is 0 Å². The largest absolute Gasteiger partial charge is 0.498 e. The molecular formula is C24H36O5. The molecule has 0 unspecified atom stereocenters. The zero-order chi connectivity index (χ0) is 21.9. The number of esters is 2. The fourth-order valence-electron chi connectivity index (χ4n) is 2.31. The van der Waals surface area contributed by atoms with E-state index in [2.05, 4.69) is 17.9 Å². The molecule has 0 fully saturated rings. The second kappa shape index (κ2) is 17.5. The van der Waals surface area contributed by atoms with Gasteiger partial charge in [0.25, 0.3) is 0 Å². The summed E-state index contributed by atoms with van der Waals surface area (Å²) in [6, 6.07) is 0. The topological polar surface area (TPSA) is 61.8 Å². The summed E-state index contributed by atoms with van der Waals surface area (Å²) in [6.07, 6.45) is 15.0. The quantitative estimate of drug-likeness (QED) is 0.0837. The van der Waals surface area contributed by atoms with Crippen LogP contribution in [0.2, 0.25) is 0 Å². The smallest absolute Gasteiger partial charge is 0.330 e. The van der Waals surface area contributed by atoms with Gasteiger partial charge in [-0.15, -0.1) is 0 Å². The zero-order valence-electron chi connectivity index (χ0n) is 18.2. The van der Waals surface area contributed by atoms with Crippen LogP contribution >= 0.6 is 0 Å². The second-order valence-corrected chi connectivity index (χ2v) is 6.83. The molecule has 0 aromatic rings. The summed E-state index contributed by atoms with van der Waals surface area (Å²) in [5, 5.41) is 0. The average molecular weight is 405 g/mol. The van der Waals surface area contributed by atoms with Crippen molar-refractivity contribution in [2.45, 2.75) is 58.8 Å². The highest BCUT2D eigenvalue weighted by atomic mass is 16.5. The van der Waals surface area contributed by atoms with Crippen molar-refractivity contribution in [2.75, 3.05) is 20.3 Å². The highest BCUT2D eigenvalue weighted by Gasteiger charge is 2.02. The first kappa shape index (κ1) is 26.4. The maximum absolute atomic E-state index is 11.4. The molecule has 0 amide bonds. The third-order valence-electron chi connectivity index (χ3n) is 3.94. The molecule has 0 saturated carbocycles. The Balaban J connectivity index is 3.80. The van der Waals surface area contributed by atoms with Gasteiger partial charge >= 0.3 is 11.9 Å². The summed E-state index contributed by atoms with van der Waals surface area (Å²) in [5.41, 5.74) is 1.62. The third-order valence-corrected chi connectivity index (χ3v) is 3.94. The molecule has 0 bridgehead atoms. The SMILES string of the molecule is C=CC(/C=C/C(=O)OC)=C\C=C(/C)OCCCCCCCCOC(=O)CC(=C)C. The predicted molar refractivity (Wildman–Crippen MR) is 117 cm³/mol. The minimum atomic E-state index is -0.404. The molecule has 0 aliphatic carbocycles. The average Bonchev–Trinajstić information content (AvgIpc) is 2.68. The fraction of sp³-hybridized carbons (Fsp3) is 0.500. The van der Waals surface area contributed by atoms with Crippen LogP contribution in [0.4, 0.5) is 0 Å². The Kier molecular flexibility index (Phi) is 16.0. The molecule has 5 nitrogen and oxygen atoms in total. The number of hydrogen-bond donors (Lipinski definition) is 0. The number of unbranched alkanes of at least 4 members (excludes halogenated alkanes) is 5. The molecule has 0 radical (unpaired) electrons. The van der Waals surface area contributed by atoms with Crippen molar-refractivity contribution in [1.82, 2.24) is 0 Å². The molecule has 0 rings (SSSR count). The maximum atomic E-state index is 11.4. The molecule has 0 aromatic heterocycles. The van der Waals surface area contributed by atoms with Crippen LogP contribution in [-0.2, 0) is 23.8 Å². The van der Waals surface area contributed by atoms with Crippen LogP contribution in [0.5, 0.6) is 0 Å². The number of ether oxygens (including phenoxy) is 3. The minimum absolute atomic E-state index is 0.187. The fourth-order valence-corrected chi connectivity index (χ4v) is 2.31. The van der Waals surface area contributed by atoms with E-state index in [9.17, 15) is 9.59 Å². The summed E-state index contributed by atoms with van der Waals surface area (Å²) < 4.78 is 15.4. The van der Waals surface area contributed by atoms with Crippen LogP contribution in [0.15, 0.2) is 60.4 Å². The van der Waals surface area contributed by atoms with Gasteiger partial charge in [0.15, 0.2) is 0 Å². The van der Waals surface area contributed by atoms with Gasteiger partial charge in [-0.3, -0.25) is 4.79 Å². The Labute approximate surface area is 175 Å². The van der Waals surface area contributed by atoms with Crippen molar-refractivity contribution in [3.63, 3.8) is 0 Å². The van der Waals surface area contributed by atoms with Gasteiger partial charge in [0.2, 0.25) is 0 Å². The van der Waals surface area contributed by atoms with E-state index < -0.39 is 5.97 Å². The van der Waals surface area contributed by atoms with Crippen molar-refractivity contribution in [3.05, 3.63) is 60.4 Å². The number of carbonyl (C=O) groups is 2. The number of methoxy groups -OCH3 is 1. The minimum Gasteiger partial charge on any atom is -0.498 e. The number of rotatable bonds is 16. The molecular weight excluding hydrogens is 368 g/mol. The van der Waals surface area contributed by atoms with Gasteiger partial charge in [-0.1, -0.05) is 56.6 Å². The lowest BCUT2D eigenvalue weighted by atomic mass is 10.1. The normalized spacial score (nSPS) is 12.0. The lowest BCUT2D eigenvalue weighted by Gasteiger charge is -2.06. The van der Waals surface area contributed by atoms with Gasteiger partial charge in [-0.05, 0) is 44.4 Å². The first-order valence-corrected chi connectivity index (χ1v) is 10.1. The Hall–Kier alpha value is -2.56. The first-order valence-electron chi connectivity index (χ1n) is 10.1. The summed E-state index contributed by atoms with van der Waals surface area (Å²) in [7, 11) is 1.34. The number of carbonyl (C=O) groups excluding carboxylic acids is 2. The van der Waals surface area contributed by atoms with Crippen LogP contribution in [-0.4, -0.2) is 32.3 Å². The summed E-state index contributed by atoms with van der Waals surface area (Å²) in [5.74, 6) is 0.221. The van der Waals surface area contributed by atoms with Crippen molar-refractivity contribution in [2.24, 2.45) is 0 Å². The van der Waals surface area contributed by atoms with E-state index in [0.717, 1.165) is 55.4 Å². The highest BCUT2D eigenvalue weighted by molar-refractivity contribution is 5.82. The molecule has 0 saturated heterocycles. The van der Waals surface area contributed by atoms with E-state index >= 15 is 0 Å². The van der Waals surface area contributed by atoms with Gasteiger partial charge < -0.3 is 14.2 Å². The molecule has 29 heavy (non-hydrogen) atoms. The van der Waals surface area contributed by atoms with Gasteiger partial charge in [0.05, 0.1) is 32.5 Å². The summed E-state index contributed by atoms with van der Waals surface area (Å²) >= 11 is 0. The van der Waals surface area contributed by atoms with Crippen LogP contribution < -0.4 is 0 Å². The third kappa shape index (κ3) is 17.3. The van der Waals surface area contributed by atoms with Crippen molar-refractivity contribution in [1.29, 1.82) is 0 Å². The molecule has 0 aliphatic heterocycles. The Morgan fingerprint density at radius 1 is 0.862 bits per heavy atom. The van der Waals surface area contributed by atoms with E-state index in [-0.39, 0.29) is 5.97 Å². The molecule has 0 atom stereocenters. The molecule has 0 aliphatic rings. The predicted octanol–water partition coefficient (Wildman–Crippen LogP) is 5.60. The molecule has 0 heterocycles. The van der Waals surface area contributed by atoms with Gasteiger partial charge in [0, 0.05) is 6.08 Å². The number of allylic oxidation sites excluding steroid dienone is 6. The molecule has 0 N–H and O–H groups in total. The van der Waals surface area contributed by atoms with Gasteiger partial charge in [-0.2, -0.15) is 0 Å². The molecule has 0 aromatic carbocycles. The zero-order valence-corrected chi connectivity index (χ0v) is 18.2. The standard InChI is InChI=1S/C24H36O5/c1-6-22(15-16-23(25)27-5)14-13-21(4)28-17-11-9-7-8-10-12-18-29-24(26)19-20(2)3/h6,13-16H,1-2,7-12,17-19H2,3-5H3/b16-15+,21-13+,22-14+. The maximum Gasteiger partial charge on any atom is 0.330 e. The molecule has 162 valence electrons.